The molecule has 0 aliphatic heterocycles. The van der Waals surface area contributed by atoms with Gasteiger partial charge in [-0.05, 0) is 56.3 Å². The molecule has 0 spiro atoms. The molecule has 3 saturated carbocycles. The van der Waals surface area contributed by atoms with Crippen LogP contribution in [0.15, 0.2) is 0 Å². The van der Waals surface area contributed by atoms with Crippen LogP contribution in [0.1, 0.15) is 39.0 Å². The van der Waals surface area contributed by atoms with Gasteiger partial charge in [-0.1, -0.05) is 0 Å². The fourth-order valence-corrected chi connectivity index (χ4v) is 5.41. The Hall–Kier alpha value is -1.13. The van der Waals surface area contributed by atoms with Crippen molar-refractivity contribution in [1.82, 2.24) is 0 Å². The van der Waals surface area contributed by atoms with Crippen molar-refractivity contribution >= 4 is 5.97 Å². The summed E-state index contributed by atoms with van der Waals surface area (Å²) in [6.45, 7) is 2.09. The van der Waals surface area contributed by atoms with Gasteiger partial charge in [-0.3, -0.25) is 14.9 Å². The third-order valence-corrected chi connectivity index (χ3v) is 5.85. The number of hydrogen-bond acceptors (Lipinski definition) is 4. The van der Waals surface area contributed by atoms with Gasteiger partial charge in [-0.2, -0.15) is 0 Å². The molecule has 3 aliphatic carbocycles. The van der Waals surface area contributed by atoms with Gasteiger partial charge in [-0.15, -0.1) is 0 Å². The standard InChI is InChI=1S/C14H21NO4/c1-2-19-12(16)7-14(8-15(17)18)10-5-3-9-4-6-11(14)13(9)10/h9-11,13H,2-8H2,1H3/t9-,10-,11+,13+,14-. The number of nitro groups is 1. The molecule has 0 unspecified atom stereocenters. The van der Waals surface area contributed by atoms with Crippen LogP contribution < -0.4 is 0 Å². The lowest BCUT2D eigenvalue weighted by atomic mass is 9.47. The molecular formula is C14H21NO4. The highest BCUT2D eigenvalue weighted by Crippen LogP contribution is 2.72. The van der Waals surface area contributed by atoms with E-state index in [-0.39, 0.29) is 23.9 Å². The molecule has 3 aliphatic rings. The van der Waals surface area contributed by atoms with E-state index >= 15 is 0 Å². The first-order valence-electron chi connectivity index (χ1n) is 7.36. The van der Waals surface area contributed by atoms with Crippen molar-refractivity contribution in [2.75, 3.05) is 13.2 Å². The number of rotatable bonds is 5. The van der Waals surface area contributed by atoms with Gasteiger partial charge >= 0.3 is 5.97 Å². The van der Waals surface area contributed by atoms with E-state index in [0.29, 0.717) is 24.4 Å². The third kappa shape index (κ3) is 1.77. The molecule has 5 nitrogen and oxygen atoms in total. The molecule has 0 radical (unpaired) electrons. The van der Waals surface area contributed by atoms with Crippen LogP contribution in [-0.4, -0.2) is 24.0 Å². The molecule has 3 fully saturated rings. The maximum atomic E-state index is 11.9. The van der Waals surface area contributed by atoms with Gasteiger partial charge in [0.05, 0.1) is 18.4 Å². The van der Waals surface area contributed by atoms with E-state index in [9.17, 15) is 14.9 Å². The molecule has 5 heteroatoms. The number of esters is 1. The topological polar surface area (TPSA) is 69.4 Å². The second-order valence-electron chi connectivity index (χ2n) is 6.41. The Labute approximate surface area is 112 Å². The van der Waals surface area contributed by atoms with Gasteiger partial charge in [0.25, 0.3) is 0 Å². The fourth-order valence-electron chi connectivity index (χ4n) is 5.41. The second kappa shape index (κ2) is 4.46. The Morgan fingerprint density at radius 3 is 2.47 bits per heavy atom. The van der Waals surface area contributed by atoms with E-state index in [1.165, 1.54) is 12.8 Å². The first-order valence-corrected chi connectivity index (χ1v) is 7.36. The molecule has 0 aromatic rings. The summed E-state index contributed by atoms with van der Waals surface area (Å²) in [6, 6.07) is 0. The lowest BCUT2D eigenvalue weighted by Gasteiger charge is -2.55. The molecule has 3 rings (SSSR count). The minimum atomic E-state index is -0.397. The zero-order valence-electron chi connectivity index (χ0n) is 11.3. The van der Waals surface area contributed by atoms with Gasteiger partial charge in [0.15, 0.2) is 0 Å². The Balaban J connectivity index is 1.82. The van der Waals surface area contributed by atoms with Gasteiger partial charge in [0.2, 0.25) is 6.54 Å². The monoisotopic (exact) mass is 267 g/mol. The summed E-state index contributed by atoms with van der Waals surface area (Å²) in [5.74, 6) is 1.96. The van der Waals surface area contributed by atoms with Crippen LogP contribution in [0.25, 0.3) is 0 Å². The molecule has 19 heavy (non-hydrogen) atoms. The van der Waals surface area contributed by atoms with E-state index in [1.54, 1.807) is 6.92 Å². The van der Waals surface area contributed by atoms with Crippen molar-refractivity contribution in [1.29, 1.82) is 0 Å². The highest BCUT2D eigenvalue weighted by Gasteiger charge is 2.70. The summed E-state index contributed by atoms with van der Waals surface area (Å²) in [5.41, 5.74) is -0.397. The molecule has 0 aromatic heterocycles. The molecule has 0 aromatic carbocycles. The predicted octanol–water partition coefficient (Wildman–Crippen LogP) is 2.27. The number of ether oxygens (including phenoxy) is 1. The van der Waals surface area contributed by atoms with Crippen LogP contribution in [-0.2, 0) is 9.53 Å². The summed E-state index contributed by atoms with van der Waals surface area (Å²) in [7, 11) is 0. The van der Waals surface area contributed by atoms with E-state index < -0.39 is 5.41 Å². The SMILES string of the molecule is CCOC(=O)C[C@@]1(C[N+](=O)[O-])[C@@H]2CC[C@@H]3CC[C@H]1[C@@H]32. The van der Waals surface area contributed by atoms with Crippen LogP contribution in [0.2, 0.25) is 0 Å². The van der Waals surface area contributed by atoms with E-state index in [2.05, 4.69) is 0 Å². The molecule has 0 heterocycles. The summed E-state index contributed by atoms with van der Waals surface area (Å²) in [4.78, 5) is 22.7. The third-order valence-electron chi connectivity index (χ3n) is 5.85. The summed E-state index contributed by atoms with van der Waals surface area (Å²) < 4.78 is 5.05. The molecule has 0 amide bonds. The Kier molecular flexibility index (Phi) is 3.02. The molecule has 106 valence electrons. The van der Waals surface area contributed by atoms with Crippen LogP contribution in [0.5, 0.6) is 0 Å². The zero-order valence-corrected chi connectivity index (χ0v) is 11.3. The van der Waals surface area contributed by atoms with Crippen molar-refractivity contribution in [2.45, 2.75) is 39.0 Å². The van der Waals surface area contributed by atoms with Crippen LogP contribution in [0.4, 0.5) is 0 Å². The van der Waals surface area contributed by atoms with Crippen LogP contribution in [0.3, 0.4) is 0 Å². The lowest BCUT2D eigenvalue weighted by Crippen LogP contribution is -2.58. The first-order chi connectivity index (χ1) is 9.08. The van der Waals surface area contributed by atoms with Gasteiger partial charge in [0, 0.05) is 4.92 Å². The highest BCUT2D eigenvalue weighted by molar-refractivity contribution is 5.70. The molecule has 0 N–H and O–H groups in total. The van der Waals surface area contributed by atoms with Crippen molar-refractivity contribution in [2.24, 2.45) is 29.1 Å². The smallest absolute Gasteiger partial charge is 0.306 e. The zero-order chi connectivity index (χ0) is 13.6. The normalized spacial score (nSPS) is 42.6. The predicted molar refractivity (Wildman–Crippen MR) is 68.0 cm³/mol. The Morgan fingerprint density at radius 1 is 1.32 bits per heavy atom. The van der Waals surface area contributed by atoms with E-state index in [4.69, 9.17) is 4.74 Å². The largest absolute Gasteiger partial charge is 0.466 e. The average Bonchev–Trinajstić information content (AvgIpc) is 2.82. The van der Waals surface area contributed by atoms with Gasteiger partial charge in [0.1, 0.15) is 0 Å². The molecular weight excluding hydrogens is 246 g/mol. The Morgan fingerprint density at radius 2 is 1.95 bits per heavy atom. The summed E-state index contributed by atoms with van der Waals surface area (Å²) in [6.07, 6.45) is 4.79. The number of carbonyl (C=O) groups excluding carboxylic acids is 1. The summed E-state index contributed by atoms with van der Waals surface area (Å²) in [5, 5.41) is 11.1. The maximum absolute atomic E-state index is 11.9. The maximum Gasteiger partial charge on any atom is 0.306 e. The minimum absolute atomic E-state index is 0.0512. The second-order valence-corrected chi connectivity index (χ2v) is 6.41. The van der Waals surface area contributed by atoms with Crippen molar-refractivity contribution in [3.8, 4) is 0 Å². The van der Waals surface area contributed by atoms with E-state index in [1.807, 2.05) is 0 Å². The number of carbonyl (C=O) groups is 1. The molecule has 5 atom stereocenters. The fraction of sp³-hybridized carbons (Fsp3) is 0.929. The quantitative estimate of drug-likeness (QED) is 0.435. The highest BCUT2D eigenvalue weighted by atomic mass is 16.6. The lowest BCUT2D eigenvalue weighted by molar-refractivity contribution is -0.511. The van der Waals surface area contributed by atoms with Crippen molar-refractivity contribution < 1.29 is 14.5 Å². The molecule has 0 saturated heterocycles. The van der Waals surface area contributed by atoms with Gasteiger partial charge < -0.3 is 4.74 Å². The van der Waals surface area contributed by atoms with Crippen molar-refractivity contribution in [3.05, 3.63) is 10.1 Å². The van der Waals surface area contributed by atoms with Crippen LogP contribution >= 0.6 is 0 Å². The van der Waals surface area contributed by atoms with E-state index in [0.717, 1.165) is 18.8 Å². The minimum Gasteiger partial charge on any atom is -0.466 e. The number of hydrogen-bond donors (Lipinski definition) is 0. The Bertz CT molecular complexity index is 392. The first kappa shape index (κ1) is 12.9. The van der Waals surface area contributed by atoms with Crippen molar-refractivity contribution in [3.63, 3.8) is 0 Å². The summed E-state index contributed by atoms with van der Waals surface area (Å²) >= 11 is 0. The van der Waals surface area contributed by atoms with Gasteiger partial charge in [-0.25, -0.2) is 0 Å². The average molecular weight is 267 g/mol. The van der Waals surface area contributed by atoms with Crippen LogP contribution in [0, 0.1) is 39.2 Å². The molecule has 0 bridgehead atoms. The number of nitrogens with zero attached hydrogens (tertiary/aromatic N) is 1.